The molecule has 2 aromatic carbocycles. The summed E-state index contributed by atoms with van der Waals surface area (Å²) in [5.41, 5.74) is 4.30. The molecule has 0 aliphatic carbocycles. The fraction of sp³-hybridized carbons (Fsp3) is 0.143. The van der Waals surface area contributed by atoms with Crippen LogP contribution in [0.1, 0.15) is 22.8 Å². The summed E-state index contributed by atoms with van der Waals surface area (Å²) in [6, 6.07) is 17.1. The van der Waals surface area contributed by atoms with Crippen LogP contribution in [0, 0.1) is 0 Å². The van der Waals surface area contributed by atoms with Gasteiger partial charge in [-0.15, -0.1) is 0 Å². The molecule has 5 nitrogen and oxygen atoms in total. The van der Waals surface area contributed by atoms with Crippen LogP contribution in [0.25, 0.3) is 5.69 Å². The van der Waals surface area contributed by atoms with Crippen LogP contribution in [0.5, 0.6) is 0 Å². The fourth-order valence-corrected chi connectivity index (χ4v) is 3.28. The molecule has 0 saturated heterocycles. The number of nitrogens with one attached hydrogen (secondary N) is 1. The molecule has 26 heavy (non-hydrogen) atoms. The van der Waals surface area contributed by atoms with E-state index in [1.807, 2.05) is 59.4 Å². The number of hydrogen-bond acceptors (Lipinski definition) is 2. The number of rotatable bonds is 3. The van der Waals surface area contributed by atoms with Crippen LogP contribution < -0.4 is 10.2 Å². The molecule has 2 amide bonds. The number of carbonyl (C=O) groups excluding carboxylic acids is 2. The van der Waals surface area contributed by atoms with Gasteiger partial charge in [0.05, 0.1) is 0 Å². The Hall–Kier alpha value is -3.34. The van der Waals surface area contributed by atoms with Crippen molar-refractivity contribution in [3.05, 3.63) is 78.1 Å². The van der Waals surface area contributed by atoms with Crippen molar-refractivity contribution in [1.82, 2.24) is 4.57 Å². The van der Waals surface area contributed by atoms with E-state index in [2.05, 4.69) is 5.32 Å². The Balaban J connectivity index is 1.52. The third kappa shape index (κ3) is 2.99. The average molecular weight is 345 g/mol. The van der Waals surface area contributed by atoms with E-state index in [1.54, 1.807) is 24.0 Å². The molecule has 1 aromatic heterocycles. The maximum atomic E-state index is 12.5. The lowest BCUT2D eigenvalue weighted by Gasteiger charge is -2.16. The van der Waals surface area contributed by atoms with Gasteiger partial charge in [-0.25, -0.2) is 0 Å². The zero-order chi connectivity index (χ0) is 18.1. The van der Waals surface area contributed by atoms with E-state index in [0.717, 1.165) is 23.4 Å². The largest absolute Gasteiger partial charge is 0.324 e. The van der Waals surface area contributed by atoms with E-state index in [9.17, 15) is 9.59 Å². The van der Waals surface area contributed by atoms with Gasteiger partial charge in [0.2, 0.25) is 5.91 Å². The summed E-state index contributed by atoms with van der Waals surface area (Å²) in [5, 5.41) is 2.92. The van der Waals surface area contributed by atoms with Crippen molar-refractivity contribution in [2.24, 2.45) is 0 Å². The molecule has 1 aliphatic rings. The van der Waals surface area contributed by atoms with Gasteiger partial charge in [-0.3, -0.25) is 9.59 Å². The monoisotopic (exact) mass is 345 g/mol. The molecule has 3 aromatic rings. The summed E-state index contributed by atoms with van der Waals surface area (Å²) in [4.78, 5) is 26.0. The number of fused-ring (bicyclic) bond motifs is 1. The zero-order valence-electron chi connectivity index (χ0n) is 14.5. The van der Waals surface area contributed by atoms with E-state index in [4.69, 9.17) is 0 Å². The van der Waals surface area contributed by atoms with E-state index in [1.165, 1.54) is 0 Å². The second-order valence-corrected chi connectivity index (χ2v) is 6.36. The van der Waals surface area contributed by atoms with Crippen LogP contribution in [0.2, 0.25) is 0 Å². The molecule has 5 heteroatoms. The van der Waals surface area contributed by atoms with E-state index in [-0.39, 0.29) is 11.8 Å². The van der Waals surface area contributed by atoms with Crippen molar-refractivity contribution in [3.63, 3.8) is 0 Å². The highest BCUT2D eigenvalue weighted by Crippen LogP contribution is 2.31. The molecule has 0 atom stereocenters. The van der Waals surface area contributed by atoms with E-state index < -0.39 is 0 Å². The van der Waals surface area contributed by atoms with Crippen molar-refractivity contribution in [3.8, 4) is 5.69 Å². The van der Waals surface area contributed by atoms with Gasteiger partial charge in [-0.1, -0.05) is 6.07 Å². The van der Waals surface area contributed by atoms with Gasteiger partial charge in [0.25, 0.3) is 5.91 Å². The molecule has 0 bridgehead atoms. The van der Waals surface area contributed by atoms with Crippen molar-refractivity contribution >= 4 is 23.2 Å². The predicted octanol–water partition coefficient (Wildman–Crippen LogP) is 3.64. The minimum atomic E-state index is -0.170. The molecule has 2 heterocycles. The Morgan fingerprint density at radius 3 is 2.42 bits per heavy atom. The summed E-state index contributed by atoms with van der Waals surface area (Å²) in [6.07, 6.45) is 4.77. The van der Waals surface area contributed by atoms with Crippen molar-refractivity contribution < 1.29 is 9.59 Å². The summed E-state index contributed by atoms with van der Waals surface area (Å²) >= 11 is 0. The van der Waals surface area contributed by atoms with Crippen LogP contribution in [0.3, 0.4) is 0 Å². The first-order chi connectivity index (χ1) is 12.6. The average Bonchev–Trinajstić information content (AvgIpc) is 3.31. The van der Waals surface area contributed by atoms with Crippen molar-refractivity contribution in [2.45, 2.75) is 13.3 Å². The first-order valence-electron chi connectivity index (χ1n) is 8.57. The number of benzene rings is 2. The number of hydrogen-bond donors (Lipinski definition) is 1. The number of nitrogens with zero attached hydrogens (tertiary/aromatic N) is 2. The minimum Gasteiger partial charge on any atom is -0.324 e. The zero-order valence-corrected chi connectivity index (χ0v) is 14.5. The van der Waals surface area contributed by atoms with E-state index in [0.29, 0.717) is 17.8 Å². The fourth-order valence-electron chi connectivity index (χ4n) is 3.28. The van der Waals surface area contributed by atoms with Crippen LogP contribution in [0.15, 0.2) is 67.0 Å². The van der Waals surface area contributed by atoms with Gasteiger partial charge in [0.15, 0.2) is 0 Å². The summed E-state index contributed by atoms with van der Waals surface area (Å²) in [6.45, 7) is 2.26. The minimum absolute atomic E-state index is 0.0211. The van der Waals surface area contributed by atoms with Gasteiger partial charge in [-0.2, -0.15) is 0 Å². The molecule has 0 saturated carbocycles. The molecule has 0 radical (unpaired) electrons. The highest BCUT2D eigenvalue weighted by molar-refractivity contribution is 6.05. The van der Waals surface area contributed by atoms with Gasteiger partial charge in [0, 0.05) is 48.5 Å². The van der Waals surface area contributed by atoms with E-state index >= 15 is 0 Å². The van der Waals surface area contributed by atoms with Crippen LogP contribution in [-0.4, -0.2) is 22.9 Å². The first-order valence-corrected chi connectivity index (χ1v) is 8.57. The highest BCUT2D eigenvalue weighted by Gasteiger charge is 2.22. The summed E-state index contributed by atoms with van der Waals surface area (Å²) in [5.74, 6) is -0.149. The number of anilines is 2. The lowest BCUT2D eigenvalue weighted by molar-refractivity contribution is -0.116. The molecule has 0 unspecified atom stereocenters. The Bertz CT molecular complexity index is 959. The van der Waals surface area contributed by atoms with Crippen LogP contribution >= 0.6 is 0 Å². The molecule has 0 spiro atoms. The SMILES string of the molecule is CC(=O)N1CCc2ccc(NC(=O)c3ccc(-n4cccc4)cc3)cc21. The summed E-state index contributed by atoms with van der Waals surface area (Å²) < 4.78 is 1.98. The molecular formula is C21H19N3O2. The van der Waals surface area contributed by atoms with Gasteiger partial charge in [-0.05, 0) is 60.5 Å². The highest BCUT2D eigenvalue weighted by atomic mass is 16.2. The second kappa shape index (κ2) is 6.52. The topological polar surface area (TPSA) is 54.3 Å². The third-order valence-corrected chi connectivity index (χ3v) is 4.65. The maximum Gasteiger partial charge on any atom is 0.255 e. The Morgan fingerprint density at radius 1 is 1.00 bits per heavy atom. The molecule has 0 fully saturated rings. The number of aromatic nitrogens is 1. The lowest BCUT2D eigenvalue weighted by atomic mass is 10.1. The first kappa shape index (κ1) is 16.1. The predicted molar refractivity (Wildman–Crippen MR) is 102 cm³/mol. The second-order valence-electron chi connectivity index (χ2n) is 6.36. The third-order valence-electron chi connectivity index (χ3n) is 4.65. The Kier molecular flexibility index (Phi) is 4.05. The molecular weight excluding hydrogens is 326 g/mol. The Labute approximate surface area is 151 Å². The number of amides is 2. The van der Waals surface area contributed by atoms with Crippen molar-refractivity contribution in [2.75, 3.05) is 16.8 Å². The molecule has 4 rings (SSSR count). The van der Waals surface area contributed by atoms with Crippen LogP contribution in [-0.2, 0) is 11.2 Å². The molecule has 130 valence electrons. The molecule has 1 aliphatic heterocycles. The standard InChI is InChI=1S/C21H19N3O2/c1-15(25)24-13-10-16-4-7-18(14-20(16)24)22-21(26)17-5-8-19(9-6-17)23-11-2-3-12-23/h2-9,11-12,14H,10,13H2,1H3,(H,22,26). The Morgan fingerprint density at radius 2 is 1.73 bits per heavy atom. The van der Waals surface area contributed by atoms with Gasteiger partial charge >= 0.3 is 0 Å². The summed E-state index contributed by atoms with van der Waals surface area (Å²) in [7, 11) is 0. The van der Waals surface area contributed by atoms with Crippen molar-refractivity contribution in [1.29, 1.82) is 0 Å². The smallest absolute Gasteiger partial charge is 0.255 e. The quantitative estimate of drug-likeness (QED) is 0.788. The van der Waals surface area contributed by atoms with Gasteiger partial charge in [0.1, 0.15) is 0 Å². The van der Waals surface area contributed by atoms with Gasteiger partial charge < -0.3 is 14.8 Å². The maximum absolute atomic E-state index is 12.5. The lowest BCUT2D eigenvalue weighted by Crippen LogP contribution is -2.25. The normalized spacial score (nSPS) is 12.7. The number of carbonyl (C=O) groups is 2. The molecule has 1 N–H and O–H groups in total. The van der Waals surface area contributed by atoms with Crippen LogP contribution in [0.4, 0.5) is 11.4 Å².